The fourth-order valence-corrected chi connectivity index (χ4v) is 2.41. The van der Waals surface area contributed by atoms with E-state index >= 15 is 0 Å². The number of benzene rings is 1. The van der Waals surface area contributed by atoms with Crippen LogP contribution in [0.4, 0.5) is 0 Å². The molecule has 0 aliphatic carbocycles. The molecule has 2 heterocycles. The van der Waals surface area contributed by atoms with Crippen molar-refractivity contribution in [2.45, 2.75) is 13.3 Å². The van der Waals surface area contributed by atoms with Crippen molar-refractivity contribution in [2.75, 3.05) is 13.2 Å². The quantitative estimate of drug-likeness (QED) is 0.505. The lowest BCUT2D eigenvalue weighted by molar-refractivity contribution is -0.107. The SMILES string of the molecule is Cc1cc(-c2ccn[nH]2)ncc1OCCOc1cccc(CC=O)c1. The van der Waals surface area contributed by atoms with Crippen LogP contribution in [0.15, 0.2) is 48.8 Å². The van der Waals surface area contributed by atoms with Gasteiger partial charge in [0.25, 0.3) is 0 Å². The maximum Gasteiger partial charge on any atom is 0.140 e. The van der Waals surface area contributed by atoms with Crippen LogP contribution in [-0.2, 0) is 11.2 Å². The first kappa shape index (κ1) is 16.7. The average molecular weight is 337 g/mol. The summed E-state index contributed by atoms with van der Waals surface area (Å²) in [7, 11) is 0. The molecule has 0 amide bonds. The molecule has 0 radical (unpaired) electrons. The van der Waals surface area contributed by atoms with E-state index in [9.17, 15) is 4.79 Å². The van der Waals surface area contributed by atoms with Gasteiger partial charge in [-0.1, -0.05) is 12.1 Å². The number of carbonyl (C=O) groups excluding carboxylic acids is 1. The molecular formula is C19H19N3O3. The molecule has 3 rings (SSSR count). The summed E-state index contributed by atoms with van der Waals surface area (Å²) >= 11 is 0. The monoisotopic (exact) mass is 337 g/mol. The lowest BCUT2D eigenvalue weighted by atomic mass is 10.2. The third-order valence-electron chi connectivity index (χ3n) is 3.67. The molecule has 1 aromatic carbocycles. The van der Waals surface area contributed by atoms with Crippen LogP contribution >= 0.6 is 0 Å². The van der Waals surface area contributed by atoms with Crippen molar-refractivity contribution in [2.24, 2.45) is 0 Å². The molecule has 128 valence electrons. The summed E-state index contributed by atoms with van der Waals surface area (Å²) in [5, 5.41) is 6.81. The van der Waals surface area contributed by atoms with Gasteiger partial charge >= 0.3 is 0 Å². The Hall–Kier alpha value is -3.15. The summed E-state index contributed by atoms with van der Waals surface area (Å²) in [6.45, 7) is 2.79. The van der Waals surface area contributed by atoms with Crippen LogP contribution < -0.4 is 9.47 Å². The van der Waals surface area contributed by atoms with Crippen LogP contribution in [0.3, 0.4) is 0 Å². The van der Waals surface area contributed by atoms with Gasteiger partial charge in [-0.3, -0.25) is 10.1 Å². The molecule has 0 fully saturated rings. The Morgan fingerprint density at radius 3 is 2.80 bits per heavy atom. The maximum absolute atomic E-state index is 10.6. The molecule has 0 saturated carbocycles. The predicted molar refractivity (Wildman–Crippen MR) is 93.8 cm³/mol. The number of nitrogens with zero attached hydrogens (tertiary/aromatic N) is 2. The standard InChI is InChI=1S/C19H19N3O3/c1-14-11-18(17-5-7-21-22-17)20-13-19(14)25-10-9-24-16-4-2-3-15(12-16)6-8-23/h2-5,7-8,11-13H,6,9-10H2,1H3,(H,21,22). The van der Waals surface area contributed by atoms with Gasteiger partial charge in [0.2, 0.25) is 0 Å². The average Bonchev–Trinajstić information content (AvgIpc) is 3.15. The second-order valence-electron chi connectivity index (χ2n) is 5.52. The van der Waals surface area contributed by atoms with Crippen LogP contribution in [0.5, 0.6) is 11.5 Å². The minimum Gasteiger partial charge on any atom is -0.490 e. The number of aromatic amines is 1. The molecule has 0 saturated heterocycles. The van der Waals surface area contributed by atoms with E-state index in [1.54, 1.807) is 12.4 Å². The third-order valence-corrected chi connectivity index (χ3v) is 3.67. The van der Waals surface area contributed by atoms with Crippen LogP contribution in [0.1, 0.15) is 11.1 Å². The van der Waals surface area contributed by atoms with Crippen molar-refractivity contribution in [1.29, 1.82) is 0 Å². The van der Waals surface area contributed by atoms with Gasteiger partial charge in [-0.2, -0.15) is 5.10 Å². The zero-order valence-electron chi connectivity index (χ0n) is 13.9. The molecular weight excluding hydrogens is 318 g/mol. The number of hydrogen-bond acceptors (Lipinski definition) is 5. The summed E-state index contributed by atoms with van der Waals surface area (Å²) < 4.78 is 11.4. The van der Waals surface area contributed by atoms with Crippen molar-refractivity contribution in [3.8, 4) is 22.9 Å². The molecule has 0 aliphatic rings. The normalized spacial score (nSPS) is 10.4. The Labute approximate surface area is 145 Å². The number of aromatic nitrogens is 3. The van der Waals surface area contributed by atoms with Gasteiger partial charge in [0.05, 0.1) is 17.6 Å². The van der Waals surface area contributed by atoms with E-state index in [-0.39, 0.29) is 0 Å². The molecule has 25 heavy (non-hydrogen) atoms. The van der Waals surface area contributed by atoms with Gasteiger partial charge in [0, 0.05) is 12.6 Å². The minimum absolute atomic E-state index is 0.390. The fraction of sp³-hybridized carbons (Fsp3) is 0.211. The predicted octanol–water partition coefficient (Wildman–Crippen LogP) is 2.98. The van der Waals surface area contributed by atoms with E-state index in [0.29, 0.717) is 19.6 Å². The zero-order valence-corrected chi connectivity index (χ0v) is 13.9. The molecule has 1 N–H and O–H groups in total. The number of pyridine rings is 1. The van der Waals surface area contributed by atoms with Crippen LogP contribution in [0, 0.1) is 6.92 Å². The van der Waals surface area contributed by atoms with E-state index in [0.717, 1.165) is 40.3 Å². The van der Waals surface area contributed by atoms with E-state index in [1.165, 1.54) is 0 Å². The first-order valence-electron chi connectivity index (χ1n) is 8.01. The van der Waals surface area contributed by atoms with Crippen molar-refractivity contribution in [3.05, 3.63) is 59.9 Å². The smallest absolute Gasteiger partial charge is 0.140 e. The number of nitrogens with one attached hydrogen (secondary N) is 1. The highest BCUT2D eigenvalue weighted by Gasteiger charge is 2.06. The number of ether oxygens (including phenoxy) is 2. The number of aldehydes is 1. The van der Waals surface area contributed by atoms with E-state index < -0.39 is 0 Å². The van der Waals surface area contributed by atoms with Crippen LogP contribution in [-0.4, -0.2) is 34.7 Å². The number of hydrogen-bond donors (Lipinski definition) is 1. The summed E-state index contributed by atoms with van der Waals surface area (Å²) in [5.74, 6) is 1.45. The number of rotatable bonds is 8. The number of carbonyl (C=O) groups is 1. The Bertz CT molecular complexity index is 832. The van der Waals surface area contributed by atoms with Gasteiger partial charge in [-0.25, -0.2) is 0 Å². The largest absolute Gasteiger partial charge is 0.490 e. The van der Waals surface area contributed by atoms with Gasteiger partial charge in [-0.15, -0.1) is 0 Å². The Kier molecular flexibility index (Phi) is 5.41. The highest BCUT2D eigenvalue weighted by atomic mass is 16.5. The summed E-state index contributed by atoms with van der Waals surface area (Å²) in [6, 6.07) is 11.3. The van der Waals surface area contributed by atoms with Gasteiger partial charge in [0.1, 0.15) is 31.0 Å². The van der Waals surface area contributed by atoms with Crippen molar-refractivity contribution in [3.63, 3.8) is 0 Å². The molecule has 0 spiro atoms. The van der Waals surface area contributed by atoms with Crippen molar-refractivity contribution in [1.82, 2.24) is 15.2 Å². The third kappa shape index (κ3) is 4.44. The van der Waals surface area contributed by atoms with Crippen LogP contribution in [0.2, 0.25) is 0 Å². The second kappa shape index (κ2) is 8.10. The minimum atomic E-state index is 0.390. The van der Waals surface area contributed by atoms with Crippen LogP contribution in [0.25, 0.3) is 11.4 Å². The maximum atomic E-state index is 10.6. The van der Waals surface area contributed by atoms with E-state index in [1.807, 2.05) is 43.3 Å². The fourth-order valence-electron chi connectivity index (χ4n) is 2.41. The Morgan fingerprint density at radius 1 is 1.16 bits per heavy atom. The van der Waals surface area contributed by atoms with E-state index in [2.05, 4.69) is 15.2 Å². The first-order valence-corrected chi connectivity index (χ1v) is 8.01. The highest BCUT2D eigenvalue weighted by Crippen LogP contribution is 2.22. The molecule has 0 unspecified atom stereocenters. The molecule has 6 heteroatoms. The zero-order chi connectivity index (χ0) is 17.5. The molecule has 0 atom stereocenters. The van der Waals surface area contributed by atoms with Gasteiger partial charge < -0.3 is 14.3 Å². The van der Waals surface area contributed by atoms with Crippen molar-refractivity contribution < 1.29 is 14.3 Å². The molecule has 6 nitrogen and oxygen atoms in total. The summed E-state index contributed by atoms with van der Waals surface area (Å²) in [4.78, 5) is 14.9. The topological polar surface area (TPSA) is 77.1 Å². The van der Waals surface area contributed by atoms with Crippen molar-refractivity contribution >= 4 is 6.29 Å². The van der Waals surface area contributed by atoms with Gasteiger partial charge in [0.15, 0.2) is 0 Å². The second-order valence-corrected chi connectivity index (χ2v) is 5.52. The lowest BCUT2D eigenvalue weighted by Crippen LogP contribution is -2.10. The lowest BCUT2D eigenvalue weighted by Gasteiger charge is -2.11. The Morgan fingerprint density at radius 2 is 2.04 bits per heavy atom. The highest BCUT2D eigenvalue weighted by molar-refractivity contribution is 5.56. The van der Waals surface area contributed by atoms with E-state index in [4.69, 9.17) is 9.47 Å². The first-order chi connectivity index (χ1) is 12.3. The molecule has 0 aliphatic heterocycles. The molecule has 3 aromatic rings. The Balaban J connectivity index is 1.52. The number of aryl methyl sites for hydroxylation is 1. The molecule has 0 bridgehead atoms. The number of H-pyrrole nitrogens is 1. The van der Waals surface area contributed by atoms with Gasteiger partial charge in [-0.05, 0) is 42.3 Å². The summed E-state index contributed by atoms with van der Waals surface area (Å²) in [6.07, 6.45) is 4.67. The summed E-state index contributed by atoms with van der Waals surface area (Å²) in [5.41, 5.74) is 3.62. The molecule has 2 aromatic heterocycles.